The summed E-state index contributed by atoms with van der Waals surface area (Å²) < 4.78 is 33.7. The van der Waals surface area contributed by atoms with E-state index >= 15 is 0 Å². The van der Waals surface area contributed by atoms with Gasteiger partial charge in [0.2, 0.25) is 6.41 Å². The lowest BCUT2D eigenvalue weighted by molar-refractivity contribution is -0.109. The van der Waals surface area contributed by atoms with Crippen molar-refractivity contribution in [1.82, 2.24) is 15.2 Å². The van der Waals surface area contributed by atoms with E-state index in [2.05, 4.69) is 10.3 Å². The van der Waals surface area contributed by atoms with Crippen molar-refractivity contribution in [2.24, 2.45) is 0 Å². The Morgan fingerprint density at radius 1 is 1.04 bits per heavy atom. The number of hydrogen-bond donors (Lipinski definition) is 2. The standard InChI is InChI=1S/C28H24F2N2O3.C8H10N2/c1-28(30)10-11-32(16-28)27(34)20-4-2-18(3-5-20)21-12-22-13-24(15-31-17-33)35-26(22)25(14-21)19-6-8-23(29)9-7-19;1-2-3-7-4-5-8(9)10-6-7/h2-9,12-14,17H,10-11,15-16H2,1H3,(H,31,33);2-6H,1H3,(H2,9,10)/b;3-2+. The fourth-order valence-electron chi connectivity index (χ4n) is 5.24. The Bertz CT molecular complexity index is 1810. The maximum absolute atomic E-state index is 14.2. The summed E-state index contributed by atoms with van der Waals surface area (Å²) in [6.45, 7) is 4.26. The number of nitrogens with one attached hydrogen (secondary N) is 1. The van der Waals surface area contributed by atoms with Crippen molar-refractivity contribution in [3.8, 4) is 22.3 Å². The number of pyridine rings is 1. The van der Waals surface area contributed by atoms with Crippen molar-refractivity contribution in [1.29, 1.82) is 0 Å². The molecule has 2 amide bonds. The van der Waals surface area contributed by atoms with Crippen LogP contribution in [0.25, 0.3) is 39.3 Å². The van der Waals surface area contributed by atoms with Gasteiger partial charge in [-0.1, -0.05) is 36.4 Å². The second kappa shape index (κ2) is 13.5. The molecule has 0 saturated carbocycles. The highest BCUT2D eigenvalue weighted by Gasteiger charge is 2.36. The van der Waals surface area contributed by atoms with Crippen LogP contribution in [0.5, 0.6) is 0 Å². The summed E-state index contributed by atoms with van der Waals surface area (Å²) in [6, 6.07) is 22.9. The van der Waals surface area contributed by atoms with E-state index in [1.165, 1.54) is 19.1 Å². The Hall–Kier alpha value is -5.31. The van der Waals surface area contributed by atoms with Crippen molar-refractivity contribution in [3.05, 3.63) is 114 Å². The fourth-order valence-corrected chi connectivity index (χ4v) is 5.24. The topological polar surface area (TPSA) is 101 Å². The molecule has 6 rings (SSSR count). The van der Waals surface area contributed by atoms with Crippen LogP contribution in [0, 0.1) is 5.82 Å². The van der Waals surface area contributed by atoms with Gasteiger partial charge in [-0.25, -0.2) is 13.8 Å². The smallest absolute Gasteiger partial charge is 0.253 e. The number of carbonyl (C=O) groups is 2. The minimum atomic E-state index is -1.34. The lowest BCUT2D eigenvalue weighted by Gasteiger charge is -2.17. The summed E-state index contributed by atoms with van der Waals surface area (Å²) in [5.41, 5.74) is 9.63. The molecule has 0 bridgehead atoms. The molecule has 0 spiro atoms. The van der Waals surface area contributed by atoms with Crippen molar-refractivity contribution in [2.75, 3.05) is 18.8 Å². The quantitative estimate of drug-likeness (QED) is 0.187. The number of amides is 2. The number of alkyl halides is 1. The van der Waals surface area contributed by atoms with Crippen LogP contribution in [0.4, 0.5) is 14.6 Å². The molecule has 7 nitrogen and oxygen atoms in total. The van der Waals surface area contributed by atoms with E-state index in [-0.39, 0.29) is 24.8 Å². The number of hydrogen-bond acceptors (Lipinski definition) is 5. The van der Waals surface area contributed by atoms with E-state index < -0.39 is 5.67 Å². The molecule has 3 heterocycles. The summed E-state index contributed by atoms with van der Waals surface area (Å²) >= 11 is 0. The van der Waals surface area contributed by atoms with Crippen molar-refractivity contribution in [2.45, 2.75) is 32.5 Å². The number of allylic oxidation sites excluding steroid dienone is 1. The van der Waals surface area contributed by atoms with Gasteiger partial charge in [-0.05, 0) is 90.7 Å². The summed E-state index contributed by atoms with van der Waals surface area (Å²) in [6.07, 6.45) is 6.64. The summed E-state index contributed by atoms with van der Waals surface area (Å²) in [4.78, 5) is 29.0. The molecule has 3 aromatic carbocycles. The number of likely N-dealkylation sites (tertiary alicyclic amines) is 1. The van der Waals surface area contributed by atoms with Crippen molar-refractivity contribution < 1.29 is 22.8 Å². The Morgan fingerprint density at radius 2 is 1.78 bits per heavy atom. The molecule has 5 aromatic rings. The van der Waals surface area contributed by atoms with E-state index in [0.717, 1.165) is 33.2 Å². The van der Waals surface area contributed by atoms with Crippen molar-refractivity contribution >= 4 is 35.2 Å². The molecular formula is C36H34F2N4O3. The number of halogens is 2. The second-order valence-corrected chi connectivity index (χ2v) is 11.1. The van der Waals surface area contributed by atoms with Crippen LogP contribution in [0.1, 0.15) is 41.9 Å². The number of carbonyl (C=O) groups excluding carboxylic acids is 2. The molecule has 1 atom stereocenters. The Morgan fingerprint density at radius 3 is 2.40 bits per heavy atom. The van der Waals surface area contributed by atoms with Gasteiger partial charge in [0, 0.05) is 35.7 Å². The summed E-state index contributed by atoms with van der Waals surface area (Å²) in [5, 5.41) is 3.44. The van der Waals surface area contributed by atoms with E-state index in [1.54, 1.807) is 41.4 Å². The van der Waals surface area contributed by atoms with Crippen LogP contribution in [0.15, 0.2) is 95.6 Å². The molecule has 2 aromatic heterocycles. The highest BCUT2D eigenvalue weighted by molar-refractivity contribution is 5.98. The first kappa shape index (κ1) is 31.1. The number of nitrogen functional groups attached to an aromatic ring is 1. The van der Waals surface area contributed by atoms with Crippen LogP contribution >= 0.6 is 0 Å². The fraction of sp³-hybridized carbons (Fsp3) is 0.194. The molecular weight excluding hydrogens is 574 g/mol. The molecule has 0 aliphatic carbocycles. The number of anilines is 1. The largest absolute Gasteiger partial charge is 0.459 e. The lowest BCUT2D eigenvalue weighted by Crippen LogP contribution is -2.31. The zero-order chi connectivity index (χ0) is 32.0. The molecule has 0 radical (unpaired) electrons. The molecule has 1 unspecified atom stereocenters. The van der Waals surface area contributed by atoms with E-state index in [4.69, 9.17) is 10.2 Å². The SMILES string of the molecule is C/C=C/c1ccc(N)nc1.CC1(F)CCN(C(=O)c2ccc(-c3cc(-c4ccc(F)cc4)c4oc(CNC=O)cc4c3)cc2)C1. The maximum atomic E-state index is 14.2. The highest BCUT2D eigenvalue weighted by Crippen LogP contribution is 2.36. The van der Waals surface area contributed by atoms with Crippen LogP contribution in [-0.4, -0.2) is 41.0 Å². The molecule has 1 aliphatic rings. The molecule has 1 aliphatic heterocycles. The zero-order valence-corrected chi connectivity index (χ0v) is 25.1. The molecule has 230 valence electrons. The molecule has 3 N–H and O–H groups in total. The first-order valence-electron chi connectivity index (χ1n) is 14.6. The minimum absolute atomic E-state index is 0.104. The van der Waals surface area contributed by atoms with Crippen LogP contribution in [0.2, 0.25) is 0 Å². The van der Waals surface area contributed by atoms with Crippen LogP contribution in [0.3, 0.4) is 0 Å². The Labute approximate surface area is 260 Å². The number of furan rings is 1. The molecule has 1 fully saturated rings. The summed E-state index contributed by atoms with van der Waals surface area (Å²) in [7, 11) is 0. The Balaban J connectivity index is 0.000000342. The maximum Gasteiger partial charge on any atom is 0.253 e. The third-order valence-corrected chi connectivity index (χ3v) is 7.53. The van der Waals surface area contributed by atoms with Gasteiger partial charge in [0.15, 0.2) is 0 Å². The van der Waals surface area contributed by atoms with Crippen LogP contribution < -0.4 is 11.1 Å². The third-order valence-electron chi connectivity index (χ3n) is 7.53. The number of benzene rings is 3. The van der Waals surface area contributed by atoms with Gasteiger partial charge in [0.05, 0.1) is 13.1 Å². The number of rotatable bonds is 7. The normalized spacial score (nSPS) is 16.0. The van der Waals surface area contributed by atoms with Gasteiger partial charge in [-0.3, -0.25) is 9.59 Å². The highest BCUT2D eigenvalue weighted by atomic mass is 19.1. The molecule has 1 saturated heterocycles. The lowest BCUT2D eigenvalue weighted by atomic mass is 9.96. The van der Waals surface area contributed by atoms with Crippen LogP contribution in [-0.2, 0) is 11.3 Å². The molecule has 45 heavy (non-hydrogen) atoms. The van der Waals surface area contributed by atoms with Gasteiger partial charge in [-0.15, -0.1) is 0 Å². The van der Waals surface area contributed by atoms with Gasteiger partial charge in [0.25, 0.3) is 5.91 Å². The first-order valence-corrected chi connectivity index (χ1v) is 14.6. The second-order valence-electron chi connectivity index (χ2n) is 11.1. The van der Waals surface area contributed by atoms with E-state index in [0.29, 0.717) is 42.1 Å². The monoisotopic (exact) mass is 608 g/mol. The predicted octanol–water partition coefficient (Wildman–Crippen LogP) is 7.42. The predicted molar refractivity (Wildman–Crippen MR) is 173 cm³/mol. The minimum Gasteiger partial charge on any atom is -0.459 e. The summed E-state index contributed by atoms with van der Waals surface area (Å²) in [5.74, 6) is 0.651. The average molecular weight is 609 g/mol. The Kier molecular flexibility index (Phi) is 9.37. The number of aromatic nitrogens is 1. The van der Waals surface area contributed by atoms with Gasteiger partial charge >= 0.3 is 0 Å². The average Bonchev–Trinajstić information content (AvgIpc) is 3.63. The van der Waals surface area contributed by atoms with Gasteiger partial charge in [0.1, 0.15) is 28.6 Å². The van der Waals surface area contributed by atoms with Gasteiger partial charge < -0.3 is 20.4 Å². The van der Waals surface area contributed by atoms with Gasteiger partial charge in [-0.2, -0.15) is 0 Å². The molecule has 9 heteroatoms. The van der Waals surface area contributed by atoms with E-state index in [9.17, 15) is 18.4 Å². The zero-order valence-electron chi connectivity index (χ0n) is 25.1. The first-order chi connectivity index (χ1) is 21.7. The number of nitrogens with zero attached hydrogens (tertiary/aromatic N) is 2. The van der Waals surface area contributed by atoms with E-state index in [1.807, 2.05) is 55.5 Å². The third kappa shape index (κ3) is 7.62. The number of fused-ring (bicyclic) bond motifs is 1. The number of nitrogens with two attached hydrogens (primary N) is 1. The van der Waals surface area contributed by atoms with Crippen molar-refractivity contribution in [3.63, 3.8) is 0 Å².